The third kappa shape index (κ3) is 8.08. The molecule has 2 N–H and O–H groups in total. The monoisotopic (exact) mass is 416 g/mol. The van der Waals surface area contributed by atoms with Crippen molar-refractivity contribution in [3.05, 3.63) is 65.7 Å². The number of piperidine rings is 1. The highest BCUT2D eigenvalue weighted by Crippen LogP contribution is 2.22. The van der Waals surface area contributed by atoms with Gasteiger partial charge in [-0.1, -0.05) is 49.4 Å². The molecular weight excluding hydrogens is 384 g/mol. The number of ether oxygens (including phenoxy) is 1. The lowest BCUT2D eigenvalue weighted by Gasteiger charge is -2.28. The van der Waals surface area contributed by atoms with Crippen molar-refractivity contribution >= 4 is 18.3 Å². The molecule has 0 bridgehead atoms. The summed E-state index contributed by atoms with van der Waals surface area (Å²) < 4.78 is 5.82. The lowest BCUT2D eigenvalue weighted by Crippen LogP contribution is -2.36. The summed E-state index contributed by atoms with van der Waals surface area (Å²) in [7, 11) is 0. The molecule has 2 unspecified atom stereocenters. The number of hydrogen-bond donors (Lipinski definition) is 2. The molecule has 4 nitrogen and oxygen atoms in total. The maximum atomic E-state index is 12.2. The Hall–Kier alpha value is -2.04. The largest absolute Gasteiger partial charge is 0.489 e. The van der Waals surface area contributed by atoms with Crippen LogP contribution >= 0.6 is 12.4 Å². The summed E-state index contributed by atoms with van der Waals surface area (Å²) in [6, 6.07) is 18.3. The predicted octanol–water partition coefficient (Wildman–Crippen LogP) is 4.37. The van der Waals surface area contributed by atoms with E-state index in [0.29, 0.717) is 31.4 Å². The highest BCUT2D eigenvalue weighted by atomic mass is 35.5. The Morgan fingerprint density at radius 3 is 2.59 bits per heavy atom. The molecule has 0 aliphatic carbocycles. The zero-order chi connectivity index (χ0) is 19.6. The molecule has 29 heavy (non-hydrogen) atoms. The highest BCUT2D eigenvalue weighted by Gasteiger charge is 2.21. The van der Waals surface area contributed by atoms with E-state index in [-0.39, 0.29) is 18.3 Å². The third-order valence-electron chi connectivity index (χ3n) is 5.55. The van der Waals surface area contributed by atoms with Crippen molar-refractivity contribution < 1.29 is 9.53 Å². The van der Waals surface area contributed by atoms with Crippen LogP contribution in [-0.4, -0.2) is 25.5 Å². The maximum absolute atomic E-state index is 12.2. The van der Waals surface area contributed by atoms with Crippen LogP contribution in [0.4, 0.5) is 0 Å². The fourth-order valence-electron chi connectivity index (χ4n) is 3.74. The first kappa shape index (κ1) is 23.2. The van der Waals surface area contributed by atoms with Crippen molar-refractivity contribution in [2.75, 3.05) is 19.6 Å². The Morgan fingerprint density at radius 2 is 1.90 bits per heavy atom. The molecule has 0 radical (unpaired) electrons. The number of rotatable bonds is 9. The number of hydrogen-bond acceptors (Lipinski definition) is 3. The SMILES string of the molecule is CC(CC(=O)NCCc1ccc(OCc2ccccc2)cc1)C1CCCNC1.Cl. The van der Waals surface area contributed by atoms with Crippen molar-refractivity contribution in [1.82, 2.24) is 10.6 Å². The number of amides is 1. The van der Waals surface area contributed by atoms with Gasteiger partial charge in [0.2, 0.25) is 5.91 Å². The standard InChI is InChI=1S/C24H32N2O2.ClH/c1-19(22-8-5-14-25-17-22)16-24(27)26-15-13-20-9-11-23(12-10-20)28-18-21-6-3-2-4-7-21;/h2-4,6-7,9-12,19,22,25H,5,8,13-18H2,1H3,(H,26,27);1H. The van der Waals surface area contributed by atoms with Crippen LogP contribution in [-0.2, 0) is 17.8 Å². The molecule has 2 atom stereocenters. The number of nitrogens with one attached hydrogen (secondary N) is 2. The van der Waals surface area contributed by atoms with Gasteiger partial charge in [-0.2, -0.15) is 0 Å². The van der Waals surface area contributed by atoms with Crippen molar-refractivity contribution in [2.45, 2.75) is 39.2 Å². The van der Waals surface area contributed by atoms with Crippen LogP contribution in [0.1, 0.15) is 37.3 Å². The van der Waals surface area contributed by atoms with E-state index in [1.807, 2.05) is 30.3 Å². The average molecular weight is 417 g/mol. The second-order valence-corrected chi connectivity index (χ2v) is 7.81. The summed E-state index contributed by atoms with van der Waals surface area (Å²) in [4.78, 5) is 12.2. The molecule has 1 amide bonds. The molecule has 158 valence electrons. The van der Waals surface area contributed by atoms with Crippen LogP contribution in [0.5, 0.6) is 5.75 Å². The van der Waals surface area contributed by atoms with Gasteiger partial charge in [-0.15, -0.1) is 12.4 Å². The van der Waals surface area contributed by atoms with Gasteiger partial charge in [0, 0.05) is 13.0 Å². The predicted molar refractivity (Wildman–Crippen MR) is 121 cm³/mol. The van der Waals surface area contributed by atoms with Gasteiger partial charge in [0.1, 0.15) is 12.4 Å². The van der Waals surface area contributed by atoms with Crippen molar-refractivity contribution in [2.24, 2.45) is 11.8 Å². The first-order valence-electron chi connectivity index (χ1n) is 10.4. The van der Waals surface area contributed by atoms with Crippen molar-refractivity contribution in [1.29, 1.82) is 0 Å². The van der Waals surface area contributed by atoms with E-state index in [2.05, 4.69) is 41.8 Å². The Bertz CT molecular complexity index is 715. The van der Waals surface area contributed by atoms with E-state index in [4.69, 9.17) is 4.74 Å². The Kier molecular flexibility index (Phi) is 10.0. The molecule has 2 aromatic rings. The van der Waals surface area contributed by atoms with Crippen molar-refractivity contribution in [3.63, 3.8) is 0 Å². The van der Waals surface area contributed by atoms with Gasteiger partial charge in [-0.05, 0) is 67.4 Å². The first-order chi connectivity index (χ1) is 13.7. The normalized spacial score (nSPS) is 17.1. The fourth-order valence-corrected chi connectivity index (χ4v) is 3.74. The summed E-state index contributed by atoms with van der Waals surface area (Å²) in [5, 5.41) is 6.51. The Labute approximate surface area is 180 Å². The first-order valence-corrected chi connectivity index (χ1v) is 10.4. The summed E-state index contributed by atoms with van der Waals surface area (Å²) in [6.07, 6.45) is 3.92. The highest BCUT2D eigenvalue weighted by molar-refractivity contribution is 5.85. The quantitative estimate of drug-likeness (QED) is 0.638. The van der Waals surface area contributed by atoms with E-state index in [1.165, 1.54) is 18.4 Å². The summed E-state index contributed by atoms with van der Waals surface area (Å²) in [5.41, 5.74) is 2.37. The van der Waals surface area contributed by atoms with E-state index in [1.54, 1.807) is 0 Å². The topological polar surface area (TPSA) is 50.4 Å². The van der Waals surface area contributed by atoms with Gasteiger partial charge in [-0.25, -0.2) is 0 Å². The van der Waals surface area contributed by atoms with E-state index < -0.39 is 0 Å². The molecule has 1 aliphatic heterocycles. The Balaban J connectivity index is 0.00000300. The molecule has 0 saturated carbocycles. The van der Waals surface area contributed by atoms with Crippen LogP contribution in [0.2, 0.25) is 0 Å². The third-order valence-corrected chi connectivity index (χ3v) is 5.55. The number of carbonyl (C=O) groups is 1. The second kappa shape index (κ2) is 12.5. The minimum absolute atomic E-state index is 0. The summed E-state index contributed by atoms with van der Waals surface area (Å²) in [5.74, 6) is 2.10. The van der Waals surface area contributed by atoms with Crippen molar-refractivity contribution in [3.8, 4) is 5.75 Å². The van der Waals surface area contributed by atoms with Gasteiger partial charge in [0.05, 0.1) is 0 Å². The molecule has 0 spiro atoms. The molecule has 1 aliphatic rings. The van der Waals surface area contributed by atoms with Crippen LogP contribution in [0.15, 0.2) is 54.6 Å². The average Bonchev–Trinajstić information content (AvgIpc) is 2.74. The van der Waals surface area contributed by atoms with E-state index >= 15 is 0 Å². The van der Waals surface area contributed by atoms with Gasteiger partial charge >= 0.3 is 0 Å². The summed E-state index contributed by atoms with van der Waals surface area (Å²) >= 11 is 0. The van der Waals surface area contributed by atoms with Crippen LogP contribution in [0.25, 0.3) is 0 Å². The molecule has 3 rings (SSSR count). The molecule has 1 heterocycles. The molecule has 0 aromatic heterocycles. The zero-order valence-corrected chi connectivity index (χ0v) is 18.0. The lowest BCUT2D eigenvalue weighted by atomic mass is 9.85. The number of carbonyl (C=O) groups excluding carboxylic acids is 1. The van der Waals surface area contributed by atoms with E-state index in [9.17, 15) is 4.79 Å². The minimum atomic E-state index is 0. The molecule has 1 fully saturated rings. The number of benzene rings is 2. The fraction of sp³-hybridized carbons (Fsp3) is 0.458. The molecule has 2 aromatic carbocycles. The molecule has 1 saturated heterocycles. The van der Waals surface area contributed by atoms with Gasteiger partial charge in [0.15, 0.2) is 0 Å². The van der Waals surface area contributed by atoms with E-state index in [0.717, 1.165) is 30.8 Å². The maximum Gasteiger partial charge on any atom is 0.220 e. The second-order valence-electron chi connectivity index (χ2n) is 7.81. The lowest BCUT2D eigenvalue weighted by molar-refractivity contribution is -0.122. The van der Waals surface area contributed by atoms with Crippen LogP contribution in [0.3, 0.4) is 0 Å². The smallest absolute Gasteiger partial charge is 0.220 e. The van der Waals surface area contributed by atoms with Gasteiger partial charge < -0.3 is 15.4 Å². The minimum Gasteiger partial charge on any atom is -0.489 e. The Morgan fingerprint density at radius 1 is 1.14 bits per heavy atom. The van der Waals surface area contributed by atoms with Crippen LogP contribution in [0, 0.1) is 11.8 Å². The van der Waals surface area contributed by atoms with Crippen LogP contribution < -0.4 is 15.4 Å². The number of halogens is 1. The van der Waals surface area contributed by atoms with Gasteiger partial charge in [0.25, 0.3) is 0 Å². The molecular formula is C24H33ClN2O2. The zero-order valence-electron chi connectivity index (χ0n) is 17.2. The summed E-state index contributed by atoms with van der Waals surface area (Å²) in [6.45, 7) is 5.62. The van der Waals surface area contributed by atoms with Gasteiger partial charge in [-0.3, -0.25) is 4.79 Å². The molecule has 5 heteroatoms.